The summed E-state index contributed by atoms with van der Waals surface area (Å²) in [5, 5.41) is 12.7. The van der Waals surface area contributed by atoms with E-state index in [4.69, 9.17) is 16.3 Å². The minimum absolute atomic E-state index is 0.145. The number of carboxylic acid groups (broad SMARTS) is 1. The lowest BCUT2D eigenvalue weighted by atomic mass is 9.74. The SMILES string of the molecule is COc1cc(C(=O)NCC2(C(=O)O)CCCCC2)ccc1Cl. The Hall–Kier alpha value is -1.75. The molecule has 1 saturated carbocycles. The smallest absolute Gasteiger partial charge is 0.311 e. The van der Waals surface area contributed by atoms with Crippen LogP contribution in [-0.4, -0.2) is 30.6 Å². The number of hydrogen-bond acceptors (Lipinski definition) is 3. The number of ether oxygens (including phenoxy) is 1. The third-order valence-corrected chi connectivity index (χ3v) is 4.58. The molecule has 0 aromatic heterocycles. The second kappa shape index (κ2) is 7.01. The van der Waals surface area contributed by atoms with Gasteiger partial charge in [-0.1, -0.05) is 30.9 Å². The Bertz CT molecular complexity index is 567. The van der Waals surface area contributed by atoms with Gasteiger partial charge in [-0.2, -0.15) is 0 Å². The minimum Gasteiger partial charge on any atom is -0.495 e. The maximum atomic E-state index is 12.2. The van der Waals surface area contributed by atoms with E-state index in [1.54, 1.807) is 18.2 Å². The molecule has 1 aromatic rings. The number of amides is 1. The van der Waals surface area contributed by atoms with Crippen molar-refractivity contribution in [3.8, 4) is 5.75 Å². The minimum atomic E-state index is -0.843. The summed E-state index contributed by atoms with van der Waals surface area (Å²) in [6.45, 7) is 0.145. The standard InChI is InChI=1S/C16H20ClNO4/c1-22-13-9-11(5-6-12(13)17)14(19)18-10-16(15(20)21)7-3-2-4-8-16/h5-6,9H,2-4,7-8,10H2,1H3,(H,18,19)(H,20,21). The van der Waals surface area contributed by atoms with Crippen LogP contribution in [0.15, 0.2) is 18.2 Å². The lowest BCUT2D eigenvalue weighted by Crippen LogP contribution is -2.44. The first-order valence-electron chi connectivity index (χ1n) is 7.34. The van der Waals surface area contributed by atoms with Gasteiger partial charge in [0.05, 0.1) is 17.5 Å². The molecule has 22 heavy (non-hydrogen) atoms. The molecular formula is C16H20ClNO4. The summed E-state index contributed by atoms with van der Waals surface area (Å²) in [6.07, 6.45) is 4.03. The lowest BCUT2D eigenvalue weighted by molar-refractivity contribution is -0.150. The van der Waals surface area contributed by atoms with Gasteiger partial charge in [0.1, 0.15) is 5.75 Å². The van der Waals surface area contributed by atoms with Crippen molar-refractivity contribution in [1.82, 2.24) is 5.32 Å². The van der Waals surface area contributed by atoms with Crippen LogP contribution in [0.3, 0.4) is 0 Å². The molecule has 1 aliphatic rings. The molecule has 6 heteroatoms. The first kappa shape index (κ1) is 16.6. The van der Waals surface area contributed by atoms with Gasteiger partial charge in [0.2, 0.25) is 0 Å². The highest BCUT2D eigenvalue weighted by Gasteiger charge is 2.39. The molecule has 5 nitrogen and oxygen atoms in total. The number of carboxylic acids is 1. The van der Waals surface area contributed by atoms with Crippen LogP contribution < -0.4 is 10.1 Å². The molecule has 120 valence electrons. The largest absolute Gasteiger partial charge is 0.495 e. The molecular weight excluding hydrogens is 306 g/mol. The molecule has 0 aliphatic heterocycles. The fourth-order valence-corrected chi connectivity index (χ4v) is 3.04. The number of nitrogens with one attached hydrogen (secondary N) is 1. The van der Waals surface area contributed by atoms with Crippen molar-refractivity contribution < 1.29 is 19.4 Å². The fraction of sp³-hybridized carbons (Fsp3) is 0.500. The molecule has 1 aliphatic carbocycles. The van der Waals surface area contributed by atoms with Crippen molar-refractivity contribution in [1.29, 1.82) is 0 Å². The quantitative estimate of drug-likeness (QED) is 0.872. The molecule has 0 atom stereocenters. The van der Waals surface area contributed by atoms with E-state index in [9.17, 15) is 14.7 Å². The zero-order chi connectivity index (χ0) is 16.2. The number of aliphatic carboxylic acids is 1. The maximum absolute atomic E-state index is 12.2. The van der Waals surface area contributed by atoms with Crippen molar-refractivity contribution in [2.24, 2.45) is 5.41 Å². The molecule has 0 saturated heterocycles. The zero-order valence-electron chi connectivity index (χ0n) is 12.5. The van der Waals surface area contributed by atoms with Crippen molar-refractivity contribution in [3.63, 3.8) is 0 Å². The molecule has 0 spiro atoms. The lowest BCUT2D eigenvalue weighted by Gasteiger charge is -2.33. The predicted molar refractivity (Wildman–Crippen MR) is 83.5 cm³/mol. The van der Waals surface area contributed by atoms with E-state index < -0.39 is 11.4 Å². The van der Waals surface area contributed by atoms with Gasteiger partial charge in [-0.05, 0) is 31.0 Å². The van der Waals surface area contributed by atoms with E-state index in [1.165, 1.54) is 7.11 Å². The normalized spacial score (nSPS) is 16.8. The Morgan fingerprint density at radius 1 is 1.32 bits per heavy atom. The maximum Gasteiger partial charge on any atom is 0.311 e. The van der Waals surface area contributed by atoms with E-state index in [0.717, 1.165) is 19.3 Å². The third kappa shape index (κ3) is 3.53. The number of carbonyl (C=O) groups excluding carboxylic acids is 1. The summed E-state index contributed by atoms with van der Waals surface area (Å²) >= 11 is 5.93. The topological polar surface area (TPSA) is 75.6 Å². The molecule has 2 rings (SSSR count). The van der Waals surface area contributed by atoms with Crippen LogP contribution in [0.4, 0.5) is 0 Å². The van der Waals surface area contributed by atoms with Crippen molar-refractivity contribution in [3.05, 3.63) is 28.8 Å². The summed E-state index contributed by atoms with van der Waals surface area (Å²) in [7, 11) is 1.48. The van der Waals surface area contributed by atoms with E-state index in [-0.39, 0.29) is 12.5 Å². The van der Waals surface area contributed by atoms with Crippen molar-refractivity contribution in [2.75, 3.05) is 13.7 Å². The number of rotatable bonds is 5. The summed E-state index contributed by atoms with van der Waals surface area (Å²) in [5.74, 6) is -0.734. The highest BCUT2D eigenvalue weighted by molar-refractivity contribution is 6.32. The van der Waals surface area contributed by atoms with Gasteiger partial charge >= 0.3 is 5.97 Å². The number of halogens is 1. The predicted octanol–water partition coefficient (Wildman–Crippen LogP) is 3.11. The Morgan fingerprint density at radius 3 is 2.59 bits per heavy atom. The van der Waals surface area contributed by atoms with Crippen LogP contribution in [0, 0.1) is 5.41 Å². The van der Waals surface area contributed by atoms with E-state index in [2.05, 4.69) is 5.32 Å². The van der Waals surface area contributed by atoms with Crippen molar-refractivity contribution >= 4 is 23.5 Å². The summed E-state index contributed by atoms with van der Waals surface area (Å²) in [6, 6.07) is 4.73. The molecule has 0 bridgehead atoms. The average molecular weight is 326 g/mol. The highest BCUT2D eigenvalue weighted by Crippen LogP contribution is 2.36. The van der Waals surface area contributed by atoms with Crippen LogP contribution in [0.2, 0.25) is 5.02 Å². The van der Waals surface area contributed by atoms with E-state index in [0.29, 0.717) is 29.2 Å². The Balaban J connectivity index is 2.06. The van der Waals surface area contributed by atoms with Crippen LogP contribution in [-0.2, 0) is 4.79 Å². The van der Waals surface area contributed by atoms with Crippen LogP contribution >= 0.6 is 11.6 Å². The van der Waals surface area contributed by atoms with Gasteiger partial charge in [0, 0.05) is 12.1 Å². The number of benzene rings is 1. The average Bonchev–Trinajstić information content (AvgIpc) is 2.53. The first-order valence-corrected chi connectivity index (χ1v) is 7.71. The fourth-order valence-electron chi connectivity index (χ4n) is 2.85. The number of carbonyl (C=O) groups is 2. The molecule has 0 unspecified atom stereocenters. The van der Waals surface area contributed by atoms with Crippen LogP contribution in [0.1, 0.15) is 42.5 Å². The Kier molecular flexibility index (Phi) is 5.29. The molecule has 1 fully saturated rings. The molecule has 0 heterocycles. The Labute approximate surface area is 134 Å². The second-order valence-electron chi connectivity index (χ2n) is 5.68. The Morgan fingerprint density at radius 2 is 2.00 bits per heavy atom. The van der Waals surface area contributed by atoms with Gasteiger partial charge in [-0.25, -0.2) is 0 Å². The third-order valence-electron chi connectivity index (χ3n) is 4.26. The molecule has 1 aromatic carbocycles. The van der Waals surface area contributed by atoms with Gasteiger partial charge in [-0.15, -0.1) is 0 Å². The zero-order valence-corrected chi connectivity index (χ0v) is 13.3. The van der Waals surface area contributed by atoms with Crippen LogP contribution in [0.5, 0.6) is 5.75 Å². The summed E-state index contributed by atoms with van der Waals surface area (Å²) in [5.41, 5.74) is -0.442. The molecule has 0 radical (unpaired) electrons. The summed E-state index contributed by atoms with van der Waals surface area (Å²) in [4.78, 5) is 23.8. The molecule has 2 N–H and O–H groups in total. The first-order chi connectivity index (χ1) is 10.5. The second-order valence-corrected chi connectivity index (χ2v) is 6.09. The monoisotopic (exact) mass is 325 g/mol. The van der Waals surface area contributed by atoms with Gasteiger partial charge in [-0.3, -0.25) is 9.59 Å². The number of hydrogen-bond donors (Lipinski definition) is 2. The molecule has 1 amide bonds. The van der Waals surface area contributed by atoms with E-state index >= 15 is 0 Å². The number of methoxy groups -OCH3 is 1. The van der Waals surface area contributed by atoms with E-state index in [1.807, 2.05) is 0 Å². The van der Waals surface area contributed by atoms with Gasteiger partial charge in [0.25, 0.3) is 5.91 Å². The van der Waals surface area contributed by atoms with Crippen molar-refractivity contribution in [2.45, 2.75) is 32.1 Å². The van der Waals surface area contributed by atoms with Crippen LogP contribution in [0.25, 0.3) is 0 Å². The van der Waals surface area contributed by atoms with Gasteiger partial charge in [0.15, 0.2) is 0 Å². The highest BCUT2D eigenvalue weighted by atomic mass is 35.5. The summed E-state index contributed by atoms with van der Waals surface area (Å²) < 4.78 is 5.08. The van der Waals surface area contributed by atoms with Gasteiger partial charge < -0.3 is 15.2 Å².